The van der Waals surface area contributed by atoms with Crippen molar-refractivity contribution in [2.45, 2.75) is 45.2 Å². The molecular formula is C23H30N4O5. The number of methoxy groups -OCH3 is 1. The Bertz CT molecular complexity index is 999. The van der Waals surface area contributed by atoms with Crippen molar-refractivity contribution in [1.82, 2.24) is 20.9 Å². The average Bonchev–Trinajstić information content (AvgIpc) is 3.38. The van der Waals surface area contributed by atoms with E-state index in [9.17, 15) is 19.2 Å². The molecule has 172 valence electrons. The number of carbonyl (C=O) groups is 4. The Morgan fingerprint density at radius 3 is 2.69 bits per heavy atom. The summed E-state index contributed by atoms with van der Waals surface area (Å²) in [6.07, 6.45) is 1.92. The van der Waals surface area contributed by atoms with Gasteiger partial charge < -0.3 is 30.5 Å². The third kappa shape index (κ3) is 5.46. The zero-order valence-corrected chi connectivity index (χ0v) is 18.6. The van der Waals surface area contributed by atoms with E-state index in [0.29, 0.717) is 37.1 Å². The molecule has 32 heavy (non-hydrogen) atoms. The number of nitrogens with one attached hydrogen (secondary N) is 4. The van der Waals surface area contributed by atoms with Crippen LogP contribution in [0.5, 0.6) is 5.75 Å². The lowest BCUT2D eigenvalue weighted by Gasteiger charge is -2.23. The second-order valence-corrected chi connectivity index (χ2v) is 8.52. The Kier molecular flexibility index (Phi) is 7.50. The number of aromatic amines is 1. The molecule has 3 atom stereocenters. The van der Waals surface area contributed by atoms with E-state index in [1.165, 1.54) is 0 Å². The summed E-state index contributed by atoms with van der Waals surface area (Å²) in [5.74, 6) is -0.515. The number of benzene rings is 1. The molecule has 0 aliphatic carbocycles. The summed E-state index contributed by atoms with van der Waals surface area (Å²) in [5.41, 5.74) is 1.05. The van der Waals surface area contributed by atoms with Gasteiger partial charge in [0.2, 0.25) is 11.8 Å². The van der Waals surface area contributed by atoms with Crippen molar-refractivity contribution >= 4 is 34.9 Å². The van der Waals surface area contributed by atoms with Crippen LogP contribution in [0.25, 0.3) is 10.9 Å². The van der Waals surface area contributed by atoms with Crippen LogP contribution < -0.4 is 20.7 Å². The molecule has 9 nitrogen and oxygen atoms in total. The lowest BCUT2D eigenvalue weighted by Crippen LogP contribution is -2.51. The lowest BCUT2D eigenvalue weighted by molar-refractivity contribution is -0.127. The van der Waals surface area contributed by atoms with Crippen LogP contribution in [0.4, 0.5) is 0 Å². The molecule has 4 N–H and O–H groups in total. The number of rotatable bonds is 10. The van der Waals surface area contributed by atoms with Gasteiger partial charge in [-0.2, -0.15) is 0 Å². The molecule has 1 saturated heterocycles. The summed E-state index contributed by atoms with van der Waals surface area (Å²) in [6.45, 7) is 4.46. The first kappa shape index (κ1) is 23.3. The maximum Gasteiger partial charge on any atom is 0.268 e. The first-order chi connectivity index (χ1) is 15.3. The maximum absolute atomic E-state index is 12.9. The number of fused-ring (bicyclic) bond motifs is 1. The normalized spacial score (nSPS) is 17.6. The fourth-order valence-corrected chi connectivity index (χ4v) is 3.97. The molecule has 2 heterocycles. The van der Waals surface area contributed by atoms with E-state index in [1.807, 2.05) is 26.0 Å². The molecule has 3 rings (SSSR count). The van der Waals surface area contributed by atoms with Gasteiger partial charge in [0, 0.05) is 23.4 Å². The van der Waals surface area contributed by atoms with Gasteiger partial charge in [-0.15, -0.1) is 0 Å². The smallest absolute Gasteiger partial charge is 0.268 e. The summed E-state index contributed by atoms with van der Waals surface area (Å²) in [7, 11) is 1.56. The van der Waals surface area contributed by atoms with Crippen molar-refractivity contribution in [1.29, 1.82) is 0 Å². The second-order valence-electron chi connectivity index (χ2n) is 8.52. The standard InChI is InChI=1S/C23H30N4O5/c1-13(2)9-18(22(30)25-15(12-28)10-14-7-8-24-21(14)29)27-23(31)19-11-16-17(26-19)5-4-6-20(16)32-3/h4-6,11-15,18,26H,7-10H2,1-3H3,(H,24,29)(H,25,30)(H,27,31)/t14-,15?,18?/m0/s1. The predicted octanol–water partition coefficient (Wildman–Crippen LogP) is 1.53. The third-order valence-electron chi connectivity index (χ3n) is 5.61. The van der Waals surface area contributed by atoms with Crippen molar-refractivity contribution in [3.63, 3.8) is 0 Å². The van der Waals surface area contributed by atoms with Gasteiger partial charge in [0.25, 0.3) is 5.91 Å². The number of carbonyl (C=O) groups excluding carboxylic acids is 4. The van der Waals surface area contributed by atoms with Crippen molar-refractivity contribution in [3.8, 4) is 5.75 Å². The van der Waals surface area contributed by atoms with E-state index in [0.717, 1.165) is 10.9 Å². The third-order valence-corrected chi connectivity index (χ3v) is 5.61. The van der Waals surface area contributed by atoms with Crippen LogP contribution in [-0.4, -0.2) is 54.7 Å². The summed E-state index contributed by atoms with van der Waals surface area (Å²) < 4.78 is 5.33. The zero-order chi connectivity index (χ0) is 23.3. The monoisotopic (exact) mass is 442 g/mol. The van der Waals surface area contributed by atoms with Gasteiger partial charge in [-0.3, -0.25) is 14.4 Å². The fourth-order valence-electron chi connectivity index (χ4n) is 3.97. The number of hydrogen-bond acceptors (Lipinski definition) is 5. The number of ether oxygens (including phenoxy) is 1. The van der Waals surface area contributed by atoms with Crippen LogP contribution in [0.2, 0.25) is 0 Å². The van der Waals surface area contributed by atoms with Crippen LogP contribution in [0, 0.1) is 11.8 Å². The Labute approximate surface area is 186 Å². The molecule has 0 spiro atoms. The van der Waals surface area contributed by atoms with Crippen LogP contribution in [0.1, 0.15) is 43.6 Å². The minimum atomic E-state index is -0.823. The highest BCUT2D eigenvalue weighted by Crippen LogP contribution is 2.26. The van der Waals surface area contributed by atoms with Gasteiger partial charge >= 0.3 is 0 Å². The van der Waals surface area contributed by atoms with Gasteiger partial charge in [0.1, 0.15) is 23.8 Å². The summed E-state index contributed by atoms with van der Waals surface area (Å²) in [5, 5.41) is 8.96. The highest BCUT2D eigenvalue weighted by Gasteiger charge is 2.30. The van der Waals surface area contributed by atoms with Crippen molar-refractivity contribution in [2.75, 3.05) is 13.7 Å². The van der Waals surface area contributed by atoms with E-state index in [4.69, 9.17) is 4.74 Å². The first-order valence-corrected chi connectivity index (χ1v) is 10.8. The minimum Gasteiger partial charge on any atom is -0.496 e. The van der Waals surface area contributed by atoms with E-state index < -0.39 is 23.9 Å². The minimum absolute atomic E-state index is 0.104. The number of amides is 3. The van der Waals surface area contributed by atoms with Crippen LogP contribution in [0.15, 0.2) is 24.3 Å². The lowest BCUT2D eigenvalue weighted by atomic mass is 9.98. The molecule has 3 amide bonds. The number of hydrogen-bond donors (Lipinski definition) is 4. The number of aromatic nitrogens is 1. The molecular weight excluding hydrogens is 412 g/mol. The van der Waals surface area contributed by atoms with Crippen molar-refractivity contribution < 1.29 is 23.9 Å². The Balaban J connectivity index is 1.71. The second kappa shape index (κ2) is 10.3. The molecule has 1 aliphatic rings. The molecule has 1 aromatic heterocycles. The summed E-state index contributed by atoms with van der Waals surface area (Å²) >= 11 is 0. The highest BCUT2D eigenvalue weighted by molar-refractivity contribution is 6.01. The quantitative estimate of drug-likeness (QED) is 0.415. The number of H-pyrrole nitrogens is 1. The molecule has 0 radical (unpaired) electrons. The van der Waals surface area contributed by atoms with Gasteiger partial charge in [0.05, 0.1) is 13.2 Å². The molecule has 0 bridgehead atoms. The van der Waals surface area contributed by atoms with E-state index in [-0.39, 0.29) is 24.2 Å². The summed E-state index contributed by atoms with van der Waals surface area (Å²) in [4.78, 5) is 52.2. The predicted molar refractivity (Wildman–Crippen MR) is 119 cm³/mol. The SMILES string of the molecule is COc1cccc2[nH]c(C(=O)NC(CC(C)C)C(=O)NC(C=O)C[C@@H]3CCNC3=O)cc12. The van der Waals surface area contributed by atoms with Gasteiger partial charge in [-0.05, 0) is 43.4 Å². The zero-order valence-electron chi connectivity index (χ0n) is 18.6. The Hall–Kier alpha value is -3.36. The highest BCUT2D eigenvalue weighted by atomic mass is 16.5. The molecule has 0 saturated carbocycles. The molecule has 1 aromatic carbocycles. The van der Waals surface area contributed by atoms with Gasteiger partial charge in [0.15, 0.2) is 0 Å². The molecule has 1 aliphatic heterocycles. The first-order valence-electron chi connectivity index (χ1n) is 10.8. The Morgan fingerprint density at radius 2 is 2.06 bits per heavy atom. The van der Waals surface area contributed by atoms with Crippen molar-refractivity contribution in [3.05, 3.63) is 30.0 Å². The van der Waals surface area contributed by atoms with Crippen LogP contribution in [-0.2, 0) is 14.4 Å². The fraction of sp³-hybridized carbons (Fsp3) is 0.478. The van der Waals surface area contributed by atoms with E-state index in [1.54, 1.807) is 19.2 Å². The summed E-state index contributed by atoms with van der Waals surface area (Å²) in [6, 6.07) is 5.52. The van der Waals surface area contributed by atoms with E-state index in [2.05, 4.69) is 20.9 Å². The average molecular weight is 443 g/mol. The molecule has 2 aromatic rings. The Morgan fingerprint density at radius 1 is 1.28 bits per heavy atom. The topological polar surface area (TPSA) is 129 Å². The molecule has 1 fully saturated rings. The van der Waals surface area contributed by atoms with E-state index >= 15 is 0 Å². The largest absolute Gasteiger partial charge is 0.496 e. The number of aldehydes is 1. The van der Waals surface area contributed by atoms with Gasteiger partial charge in [-0.25, -0.2) is 0 Å². The maximum atomic E-state index is 12.9. The van der Waals surface area contributed by atoms with Crippen molar-refractivity contribution in [2.24, 2.45) is 11.8 Å². The molecule has 9 heteroatoms. The van der Waals surface area contributed by atoms with Gasteiger partial charge in [-0.1, -0.05) is 19.9 Å². The van der Waals surface area contributed by atoms with Crippen LogP contribution >= 0.6 is 0 Å². The van der Waals surface area contributed by atoms with Crippen LogP contribution in [0.3, 0.4) is 0 Å². The molecule has 2 unspecified atom stereocenters.